The zero-order valence-electron chi connectivity index (χ0n) is 19.4. The third-order valence-corrected chi connectivity index (χ3v) is 6.81. The van der Waals surface area contributed by atoms with E-state index in [2.05, 4.69) is 47.2 Å². The summed E-state index contributed by atoms with van der Waals surface area (Å²) in [7, 11) is 1.78. The molecule has 3 saturated heterocycles. The van der Waals surface area contributed by atoms with Gasteiger partial charge in [0.25, 0.3) is 5.91 Å². The van der Waals surface area contributed by atoms with Crippen molar-refractivity contribution in [3.63, 3.8) is 0 Å². The molecule has 0 radical (unpaired) electrons. The van der Waals surface area contributed by atoms with E-state index in [1.54, 1.807) is 11.9 Å². The highest BCUT2D eigenvalue weighted by Crippen LogP contribution is 2.33. The smallest absolute Gasteiger partial charge is 0.328 e. The Kier molecular flexibility index (Phi) is 5.68. The van der Waals surface area contributed by atoms with Crippen LogP contribution in [-0.4, -0.2) is 71.8 Å². The zero-order valence-corrected chi connectivity index (χ0v) is 19.4. The minimum atomic E-state index is -0.392. The Labute approximate surface area is 195 Å². The summed E-state index contributed by atoms with van der Waals surface area (Å²) in [5.41, 5.74) is 4.63. The van der Waals surface area contributed by atoms with Gasteiger partial charge in [-0.2, -0.15) is 0 Å². The molecule has 1 N–H and O–H groups in total. The molecule has 33 heavy (non-hydrogen) atoms. The van der Waals surface area contributed by atoms with Crippen molar-refractivity contribution in [1.29, 1.82) is 0 Å². The topological polar surface area (TPSA) is 59.1 Å². The largest absolute Gasteiger partial charge is 0.343 e. The number of fused-ring (bicyclic) bond motifs is 3. The molecule has 3 unspecified atom stereocenters. The van der Waals surface area contributed by atoms with Crippen molar-refractivity contribution in [1.82, 2.24) is 20.0 Å². The summed E-state index contributed by atoms with van der Waals surface area (Å²) in [4.78, 5) is 34.3. The van der Waals surface area contributed by atoms with Gasteiger partial charge >= 0.3 is 6.03 Å². The number of amides is 3. The van der Waals surface area contributed by atoms with Gasteiger partial charge in [-0.05, 0) is 49.1 Å². The predicted molar refractivity (Wildman–Crippen MR) is 129 cm³/mol. The highest BCUT2D eigenvalue weighted by Gasteiger charge is 2.55. The lowest BCUT2D eigenvalue weighted by Gasteiger charge is -2.43. The van der Waals surface area contributed by atoms with Crippen LogP contribution in [-0.2, 0) is 4.79 Å². The fourth-order valence-corrected chi connectivity index (χ4v) is 5.33. The normalized spacial score (nSPS) is 25.7. The number of imide groups is 1. The molecule has 7 heteroatoms. The van der Waals surface area contributed by atoms with Crippen molar-refractivity contribution in [2.24, 2.45) is 0 Å². The minimum absolute atomic E-state index is 0.117. The number of hydrogen-bond acceptors (Lipinski definition) is 5. The van der Waals surface area contributed by atoms with E-state index in [1.165, 1.54) is 16.0 Å². The molecule has 0 saturated carbocycles. The van der Waals surface area contributed by atoms with Gasteiger partial charge in [0.2, 0.25) is 0 Å². The van der Waals surface area contributed by atoms with Crippen LogP contribution >= 0.6 is 0 Å². The number of carbonyl (C=O) groups excluding carboxylic acids is 2. The van der Waals surface area contributed by atoms with Gasteiger partial charge in [0.05, 0.1) is 0 Å². The second kappa shape index (κ2) is 8.65. The maximum absolute atomic E-state index is 13.6. The molecule has 2 aromatic rings. The molecule has 3 aliphatic heterocycles. The molecule has 5 rings (SSSR count). The van der Waals surface area contributed by atoms with Gasteiger partial charge in [-0.3, -0.25) is 19.9 Å². The molecule has 3 atom stereocenters. The lowest BCUT2D eigenvalue weighted by Crippen LogP contribution is -2.66. The molecule has 7 nitrogen and oxygen atoms in total. The number of anilines is 1. The molecule has 0 spiro atoms. The van der Waals surface area contributed by atoms with Crippen molar-refractivity contribution in [3.8, 4) is 0 Å². The Hall–Kier alpha value is -3.16. The van der Waals surface area contributed by atoms with Crippen molar-refractivity contribution in [2.75, 3.05) is 31.6 Å². The van der Waals surface area contributed by atoms with Crippen molar-refractivity contribution in [3.05, 3.63) is 71.3 Å². The molecule has 3 aliphatic rings. The summed E-state index contributed by atoms with van der Waals surface area (Å²) >= 11 is 0. The second-order valence-corrected chi connectivity index (χ2v) is 9.22. The molecular formula is C26H31N5O2. The molecule has 172 valence electrons. The average Bonchev–Trinajstić information content (AvgIpc) is 3.20. The van der Waals surface area contributed by atoms with E-state index in [0.717, 1.165) is 30.8 Å². The van der Waals surface area contributed by atoms with Crippen LogP contribution in [0.2, 0.25) is 0 Å². The SMILES string of the molecule is Cc1cc(C)cc(N2CCCN3C4C(=O)N(C/C=C/c5ccccc5)C(=O)N(C)C4NC23)c1. The predicted octanol–water partition coefficient (Wildman–Crippen LogP) is 3.00. The summed E-state index contributed by atoms with van der Waals surface area (Å²) < 4.78 is 0. The van der Waals surface area contributed by atoms with Gasteiger partial charge in [-0.15, -0.1) is 0 Å². The molecule has 3 fully saturated rings. The van der Waals surface area contributed by atoms with Crippen LogP contribution < -0.4 is 10.2 Å². The first-order valence-electron chi connectivity index (χ1n) is 11.6. The van der Waals surface area contributed by atoms with E-state index in [4.69, 9.17) is 0 Å². The summed E-state index contributed by atoms with van der Waals surface area (Å²) in [6.07, 6.45) is 4.35. The molecule has 0 bridgehead atoms. The van der Waals surface area contributed by atoms with E-state index in [1.807, 2.05) is 42.5 Å². The number of hydrogen-bond donors (Lipinski definition) is 1. The summed E-state index contributed by atoms with van der Waals surface area (Å²) in [5.74, 6) is -0.127. The highest BCUT2D eigenvalue weighted by atomic mass is 16.2. The lowest BCUT2D eigenvalue weighted by molar-refractivity contribution is -0.138. The van der Waals surface area contributed by atoms with Crippen LogP contribution in [0, 0.1) is 13.8 Å². The highest BCUT2D eigenvalue weighted by molar-refractivity contribution is 6.00. The van der Waals surface area contributed by atoms with E-state index >= 15 is 0 Å². The molecular weight excluding hydrogens is 414 g/mol. The van der Waals surface area contributed by atoms with Crippen LogP contribution in [0.1, 0.15) is 23.1 Å². The van der Waals surface area contributed by atoms with Crippen LogP contribution in [0.5, 0.6) is 0 Å². The van der Waals surface area contributed by atoms with Crippen LogP contribution in [0.25, 0.3) is 6.08 Å². The number of aryl methyl sites for hydroxylation is 2. The lowest BCUT2D eigenvalue weighted by atomic mass is 10.1. The summed E-state index contributed by atoms with van der Waals surface area (Å²) in [5, 5.41) is 3.59. The van der Waals surface area contributed by atoms with E-state index < -0.39 is 6.04 Å². The van der Waals surface area contributed by atoms with E-state index in [9.17, 15) is 9.59 Å². The van der Waals surface area contributed by atoms with Crippen LogP contribution in [0.15, 0.2) is 54.6 Å². The van der Waals surface area contributed by atoms with Gasteiger partial charge < -0.3 is 9.80 Å². The van der Waals surface area contributed by atoms with Crippen molar-refractivity contribution >= 4 is 23.7 Å². The minimum Gasteiger partial charge on any atom is -0.343 e. The first-order valence-corrected chi connectivity index (χ1v) is 11.6. The Morgan fingerprint density at radius 1 is 1.03 bits per heavy atom. The van der Waals surface area contributed by atoms with E-state index in [0.29, 0.717) is 0 Å². The maximum Gasteiger partial charge on any atom is 0.328 e. The Balaban J connectivity index is 1.39. The number of carbonyl (C=O) groups is 2. The maximum atomic E-state index is 13.6. The fraction of sp³-hybridized carbons (Fsp3) is 0.385. The third kappa shape index (κ3) is 3.92. The number of urea groups is 1. The van der Waals surface area contributed by atoms with Crippen LogP contribution in [0.3, 0.4) is 0 Å². The molecule has 2 aromatic carbocycles. The van der Waals surface area contributed by atoms with Gasteiger partial charge in [-0.1, -0.05) is 48.6 Å². The standard InChI is InChI=1S/C26H31N5O2/c1-18-15-19(2)17-21(16-18)29-13-8-14-30-22-23(27-25(29)30)28(3)26(33)31(24(22)32)12-7-11-20-9-5-4-6-10-20/h4-7,9-11,15-17,22-23,25,27H,8,12-14H2,1-3H3/b11-7+. The molecule has 3 heterocycles. The van der Waals surface area contributed by atoms with Crippen molar-refractivity contribution < 1.29 is 9.59 Å². The number of rotatable bonds is 4. The Morgan fingerprint density at radius 2 is 1.76 bits per heavy atom. The first kappa shape index (κ1) is 21.7. The Bertz CT molecular complexity index is 1070. The van der Waals surface area contributed by atoms with Gasteiger partial charge in [0.15, 0.2) is 0 Å². The average molecular weight is 446 g/mol. The molecule has 0 aromatic heterocycles. The number of nitrogens with zero attached hydrogens (tertiary/aromatic N) is 4. The number of nitrogens with one attached hydrogen (secondary N) is 1. The fourth-order valence-electron chi connectivity index (χ4n) is 5.33. The van der Waals surface area contributed by atoms with Gasteiger partial charge in [-0.25, -0.2) is 4.79 Å². The Morgan fingerprint density at radius 3 is 2.48 bits per heavy atom. The number of likely N-dealkylation sites (N-methyl/N-ethyl adjacent to an activating group) is 1. The monoisotopic (exact) mass is 445 g/mol. The zero-order chi connectivity index (χ0) is 23.1. The van der Waals surface area contributed by atoms with Gasteiger partial charge in [0.1, 0.15) is 18.5 Å². The van der Waals surface area contributed by atoms with E-state index in [-0.39, 0.29) is 30.9 Å². The summed E-state index contributed by atoms with van der Waals surface area (Å²) in [6, 6.07) is 15.8. The quantitative estimate of drug-likeness (QED) is 0.784. The van der Waals surface area contributed by atoms with Gasteiger partial charge in [0, 0.05) is 32.4 Å². The molecule has 3 amide bonds. The van der Waals surface area contributed by atoms with Crippen LogP contribution in [0.4, 0.5) is 10.5 Å². The second-order valence-electron chi connectivity index (χ2n) is 9.22. The third-order valence-electron chi connectivity index (χ3n) is 6.81. The summed E-state index contributed by atoms with van der Waals surface area (Å²) in [6.45, 7) is 6.21. The van der Waals surface area contributed by atoms with Crippen molar-refractivity contribution in [2.45, 2.75) is 38.8 Å². The molecule has 0 aliphatic carbocycles. The first-order chi connectivity index (χ1) is 15.9. The number of benzene rings is 2.